The maximum atomic E-state index is 11.9. The lowest BCUT2D eigenvalue weighted by atomic mass is 10.1. The second-order valence-corrected chi connectivity index (χ2v) is 5.83. The molecule has 7 nitrogen and oxygen atoms in total. The summed E-state index contributed by atoms with van der Waals surface area (Å²) in [4.78, 5) is 13.3. The topological polar surface area (TPSA) is 106 Å². The maximum Gasteiger partial charge on any atom is 0.276 e. The molecule has 0 spiro atoms. The standard InChI is InChI=1S/C9H13N3O4S/c10-17(14,15)7-2-1-4-12(6-7)9(13)8-3-5-16-11-8/h3,5,7H,1-2,4,6H2,(H2,10,14,15). The number of likely N-dealkylation sites (tertiary alicyclic amines) is 1. The van der Waals surface area contributed by atoms with Crippen LogP contribution in [0.1, 0.15) is 23.3 Å². The van der Waals surface area contributed by atoms with Crippen molar-refractivity contribution >= 4 is 15.9 Å². The Morgan fingerprint density at radius 3 is 2.94 bits per heavy atom. The molecule has 1 amide bonds. The third kappa shape index (κ3) is 2.64. The Labute approximate surface area is 98.6 Å². The Kier molecular flexibility index (Phi) is 3.16. The highest BCUT2D eigenvalue weighted by atomic mass is 32.2. The summed E-state index contributed by atoms with van der Waals surface area (Å²) >= 11 is 0. The summed E-state index contributed by atoms with van der Waals surface area (Å²) in [6.07, 6.45) is 2.40. The number of primary sulfonamides is 1. The molecule has 2 heterocycles. The maximum absolute atomic E-state index is 11.9. The number of nitrogens with two attached hydrogens (primary N) is 1. The Hall–Kier alpha value is -1.41. The van der Waals surface area contributed by atoms with E-state index in [4.69, 9.17) is 5.14 Å². The van der Waals surface area contributed by atoms with Crippen molar-refractivity contribution in [1.29, 1.82) is 0 Å². The number of amides is 1. The quantitative estimate of drug-likeness (QED) is 0.775. The number of nitrogens with zero attached hydrogens (tertiary/aromatic N) is 2. The van der Waals surface area contributed by atoms with E-state index in [-0.39, 0.29) is 18.1 Å². The van der Waals surface area contributed by atoms with Gasteiger partial charge in [0.05, 0.1) is 5.25 Å². The number of sulfonamides is 1. The van der Waals surface area contributed by atoms with E-state index in [9.17, 15) is 13.2 Å². The van der Waals surface area contributed by atoms with Gasteiger partial charge in [-0.05, 0) is 12.8 Å². The molecule has 0 bridgehead atoms. The average Bonchev–Trinajstić information content (AvgIpc) is 2.80. The summed E-state index contributed by atoms with van der Waals surface area (Å²) in [5.41, 5.74) is 0.181. The van der Waals surface area contributed by atoms with Crippen LogP contribution in [0.3, 0.4) is 0 Å². The summed E-state index contributed by atoms with van der Waals surface area (Å²) in [7, 11) is -3.60. The molecule has 2 rings (SSSR count). The molecule has 94 valence electrons. The molecule has 8 heteroatoms. The van der Waals surface area contributed by atoms with Crippen molar-refractivity contribution in [1.82, 2.24) is 10.1 Å². The van der Waals surface area contributed by atoms with E-state index >= 15 is 0 Å². The molecule has 0 aromatic carbocycles. The van der Waals surface area contributed by atoms with Crippen LogP contribution in [0.5, 0.6) is 0 Å². The van der Waals surface area contributed by atoms with E-state index in [1.54, 1.807) is 0 Å². The number of aromatic nitrogens is 1. The number of hydrogen-bond donors (Lipinski definition) is 1. The fourth-order valence-electron chi connectivity index (χ4n) is 1.88. The molecular formula is C9H13N3O4S. The van der Waals surface area contributed by atoms with Crippen LogP contribution in [0.25, 0.3) is 0 Å². The summed E-state index contributed by atoms with van der Waals surface area (Å²) in [5.74, 6) is -0.327. The Balaban J connectivity index is 2.10. The molecule has 1 aliphatic rings. The molecule has 1 unspecified atom stereocenters. The van der Waals surface area contributed by atoms with Crippen LogP contribution in [0.4, 0.5) is 0 Å². The molecule has 17 heavy (non-hydrogen) atoms. The normalized spacial score (nSPS) is 21.5. The van der Waals surface area contributed by atoms with Crippen molar-refractivity contribution in [2.45, 2.75) is 18.1 Å². The lowest BCUT2D eigenvalue weighted by Gasteiger charge is -2.30. The van der Waals surface area contributed by atoms with Gasteiger partial charge in [0.1, 0.15) is 6.26 Å². The lowest BCUT2D eigenvalue weighted by molar-refractivity contribution is 0.0716. The fraction of sp³-hybridized carbons (Fsp3) is 0.556. The van der Waals surface area contributed by atoms with Crippen molar-refractivity contribution in [2.24, 2.45) is 5.14 Å². The van der Waals surface area contributed by atoms with Gasteiger partial charge in [0, 0.05) is 19.2 Å². The summed E-state index contributed by atoms with van der Waals surface area (Å²) in [5, 5.41) is 7.94. The second-order valence-electron chi connectivity index (χ2n) is 3.99. The van der Waals surface area contributed by atoms with Gasteiger partial charge in [-0.3, -0.25) is 4.79 Å². The van der Waals surface area contributed by atoms with Crippen LogP contribution >= 0.6 is 0 Å². The number of carbonyl (C=O) groups excluding carboxylic acids is 1. The van der Waals surface area contributed by atoms with Gasteiger partial charge in [0.25, 0.3) is 5.91 Å². The number of rotatable bonds is 2. The van der Waals surface area contributed by atoms with Crippen LogP contribution < -0.4 is 5.14 Å². The first-order valence-electron chi connectivity index (χ1n) is 5.20. The third-order valence-corrected chi connectivity index (χ3v) is 4.10. The molecule has 1 fully saturated rings. The fourth-order valence-corrected chi connectivity index (χ4v) is 2.76. The summed E-state index contributed by atoms with van der Waals surface area (Å²) in [6.45, 7) is 0.627. The molecule has 1 atom stereocenters. The Bertz CT molecular complexity index is 496. The highest BCUT2D eigenvalue weighted by molar-refractivity contribution is 7.89. The SMILES string of the molecule is NS(=O)(=O)C1CCCN(C(=O)c2ccon2)C1. The molecular weight excluding hydrogens is 246 g/mol. The smallest absolute Gasteiger partial charge is 0.276 e. The van der Waals surface area contributed by atoms with Crippen molar-refractivity contribution in [3.63, 3.8) is 0 Å². The van der Waals surface area contributed by atoms with Crippen molar-refractivity contribution in [3.8, 4) is 0 Å². The summed E-state index contributed by atoms with van der Waals surface area (Å²) in [6, 6.07) is 1.45. The van der Waals surface area contributed by atoms with E-state index in [1.165, 1.54) is 17.2 Å². The first-order valence-corrected chi connectivity index (χ1v) is 6.80. The van der Waals surface area contributed by atoms with Gasteiger partial charge in [0.2, 0.25) is 10.0 Å². The monoisotopic (exact) mass is 259 g/mol. The largest absolute Gasteiger partial charge is 0.364 e. The van der Waals surface area contributed by atoms with Crippen LogP contribution in [-0.2, 0) is 10.0 Å². The minimum Gasteiger partial charge on any atom is -0.364 e. The number of piperidine rings is 1. The number of hydrogen-bond acceptors (Lipinski definition) is 5. The number of carbonyl (C=O) groups is 1. The van der Waals surface area contributed by atoms with Gasteiger partial charge in [0.15, 0.2) is 5.69 Å². The first-order chi connectivity index (χ1) is 7.98. The van der Waals surface area contributed by atoms with Gasteiger partial charge in [-0.15, -0.1) is 0 Å². The van der Waals surface area contributed by atoms with Gasteiger partial charge in [-0.2, -0.15) is 0 Å². The first kappa shape index (κ1) is 12.1. The summed E-state index contributed by atoms with van der Waals surface area (Å²) < 4.78 is 27.1. The van der Waals surface area contributed by atoms with E-state index in [0.29, 0.717) is 19.4 Å². The molecule has 2 N–H and O–H groups in total. The van der Waals surface area contributed by atoms with Crippen molar-refractivity contribution < 1.29 is 17.7 Å². The van der Waals surface area contributed by atoms with Gasteiger partial charge in [-0.1, -0.05) is 5.16 Å². The van der Waals surface area contributed by atoms with Crippen molar-refractivity contribution in [2.75, 3.05) is 13.1 Å². The highest BCUT2D eigenvalue weighted by Crippen LogP contribution is 2.17. The van der Waals surface area contributed by atoms with E-state index < -0.39 is 15.3 Å². The van der Waals surface area contributed by atoms with E-state index in [2.05, 4.69) is 9.68 Å². The average molecular weight is 259 g/mol. The molecule has 0 saturated carbocycles. The minimum absolute atomic E-state index is 0.116. The highest BCUT2D eigenvalue weighted by Gasteiger charge is 2.31. The molecule has 1 saturated heterocycles. The van der Waals surface area contributed by atoms with Crippen LogP contribution in [0, 0.1) is 0 Å². The van der Waals surface area contributed by atoms with Gasteiger partial charge < -0.3 is 9.42 Å². The molecule has 1 aromatic rings. The molecule has 0 aliphatic carbocycles. The van der Waals surface area contributed by atoms with E-state index in [0.717, 1.165) is 0 Å². The Morgan fingerprint density at radius 2 is 2.35 bits per heavy atom. The van der Waals surface area contributed by atoms with E-state index in [1.807, 2.05) is 0 Å². The molecule has 1 aromatic heterocycles. The van der Waals surface area contributed by atoms with Crippen LogP contribution in [0.15, 0.2) is 16.9 Å². The third-order valence-electron chi connectivity index (χ3n) is 2.79. The zero-order chi connectivity index (χ0) is 12.5. The van der Waals surface area contributed by atoms with Crippen LogP contribution in [0.2, 0.25) is 0 Å². The predicted molar refractivity (Wildman–Crippen MR) is 58.5 cm³/mol. The second kappa shape index (κ2) is 4.46. The zero-order valence-electron chi connectivity index (χ0n) is 9.07. The van der Waals surface area contributed by atoms with Crippen molar-refractivity contribution in [3.05, 3.63) is 18.0 Å². The van der Waals surface area contributed by atoms with Gasteiger partial charge in [-0.25, -0.2) is 13.6 Å². The lowest BCUT2D eigenvalue weighted by Crippen LogP contribution is -2.47. The molecule has 0 radical (unpaired) electrons. The zero-order valence-corrected chi connectivity index (χ0v) is 9.89. The predicted octanol–water partition coefficient (Wildman–Crippen LogP) is -0.432. The molecule has 1 aliphatic heterocycles. The Morgan fingerprint density at radius 1 is 1.59 bits per heavy atom. The van der Waals surface area contributed by atoms with Crippen LogP contribution in [-0.4, -0.2) is 42.7 Å². The van der Waals surface area contributed by atoms with Gasteiger partial charge >= 0.3 is 0 Å². The minimum atomic E-state index is -3.60.